The Hall–Kier alpha value is -0.520. The fourth-order valence-electron chi connectivity index (χ4n) is 2.25. The Kier molecular flexibility index (Phi) is 5.06. The molecule has 2 N–H and O–H groups in total. The minimum atomic E-state index is -0.699. The zero-order chi connectivity index (χ0) is 15.8. The third kappa shape index (κ3) is 3.82. The van der Waals surface area contributed by atoms with Crippen molar-refractivity contribution in [2.75, 3.05) is 25.0 Å². The van der Waals surface area contributed by atoms with Gasteiger partial charge in [0.15, 0.2) is 0 Å². The number of benzene rings is 1. The molecule has 1 aliphatic rings. The molecule has 7 heteroatoms. The van der Waals surface area contributed by atoms with Gasteiger partial charge < -0.3 is 10.4 Å². The first-order chi connectivity index (χ1) is 9.71. The average Bonchev–Trinajstić information content (AvgIpc) is 2.31. The number of carbonyl (C=O) groups excluding carboxylic acids is 1. The summed E-state index contributed by atoms with van der Waals surface area (Å²) in [6, 6.07) is 3.04. The number of aliphatic hydroxyl groups is 1. The van der Waals surface area contributed by atoms with Crippen molar-refractivity contribution >= 4 is 46.4 Å². The van der Waals surface area contributed by atoms with Crippen molar-refractivity contribution in [1.29, 1.82) is 0 Å². The van der Waals surface area contributed by atoms with Crippen molar-refractivity contribution in [2.24, 2.45) is 5.92 Å². The van der Waals surface area contributed by atoms with Gasteiger partial charge in [0, 0.05) is 18.1 Å². The first kappa shape index (κ1) is 16.8. The van der Waals surface area contributed by atoms with Crippen LogP contribution in [-0.4, -0.2) is 41.1 Å². The van der Waals surface area contributed by atoms with Gasteiger partial charge in [-0.2, -0.15) is 0 Å². The van der Waals surface area contributed by atoms with Crippen molar-refractivity contribution in [3.63, 3.8) is 0 Å². The van der Waals surface area contributed by atoms with Crippen LogP contribution in [0.15, 0.2) is 12.1 Å². The number of nitrogens with one attached hydrogen (secondary N) is 1. The molecule has 0 spiro atoms. The van der Waals surface area contributed by atoms with Crippen LogP contribution in [0.1, 0.15) is 13.8 Å². The van der Waals surface area contributed by atoms with Crippen molar-refractivity contribution in [3.05, 3.63) is 27.2 Å². The van der Waals surface area contributed by atoms with Crippen molar-refractivity contribution in [1.82, 2.24) is 4.90 Å². The largest absolute Gasteiger partial charge is 0.387 e. The zero-order valence-corrected chi connectivity index (χ0v) is 14.1. The lowest BCUT2D eigenvalue weighted by Gasteiger charge is -2.48. The Labute approximate surface area is 139 Å². The van der Waals surface area contributed by atoms with Gasteiger partial charge in [-0.15, -0.1) is 0 Å². The maximum absolute atomic E-state index is 12.0. The molecule has 1 saturated heterocycles. The number of amides is 1. The molecule has 0 atom stereocenters. The second kappa shape index (κ2) is 6.31. The highest BCUT2D eigenvalue weighted by molar-refractivity contribution is 6.42. The summed E-state index contributed by atoms with van der Waals surface area (Å²) in [6.07, 6.45) is 0. The lowest BCUT2D eigenvalue weighted by Crippen LogP contribution is -2.65. The molecule has 0 bridgehead atoms. The average molecular weight is 352 g/mol. The van der Waals surface area contributed by atoms with Crippen LogP contribution in [0.4, 0.5) is 5.69 Å². The Balaban J connectivity index is 1.92. The van der Waals surface area contributed by atoms with E-state index in [9.17, 15) is 9.90 Å². The first-order valence-corrected chi connectivity index (χ1v) is 7.74. The number of anilines is 1. The van der Waals surface area contributed by atoms with Crippen LogP contribution in [0.25, 0.3) is 0 Å². The molecule has 1 fully saturated rings. The summed E-state index contributed by atoms with van der Waals surface area (Å²) >= 11 is 17.8. The number of rotatable bonds is 4. The van der Waals surface area contributed by atoms with E-state index < -0.39 is 5.60 Å². The van der Waals surface area contributed by atoms with Crippen LogP contribution < -0.4 is 5.32 Å². The molecule has 1 aromatic rings. The van der Waals surface area contributed by atoms with Crippen LogP contribution in [0.3, 0.4) is 0 Å². The number of likely N-dealkylation sites (tertiary alicyclic amines) is 1. The normalized spacial score (nSPS) is 17.7. The summed E-state index contributed by atoms with van der Waals surface area (Å²) < 4.78 is 0. The van der Waals surface area contributed by atoms with Gasteiger partial charge in [-0.3, -0.25) is 9.69 Å². The smallest absolute Gasteiger partial charge is 0.238 e. The second-order valence-electron chi connectivity index (χ2n) is 5.70. The number of halogens is 3. The highest BCUT2D eigenvalue weighted by Gasteiger charge is 2.43. The molecule has 2 rings (SSSR count). The molecule has 1 aliphatic heterocycles. The highest BCUT2D eigenvalue weighted by Crippen LogP contribution is 2.34. The molecule has 0 aromatic heterocycles. The molecule has 21 heavy (non-hydrogen) atoms. The number of carbonyl (C=O) groups is 1. The second-order valence-corrected chi connectivity index (χ2v) is 6.95. The Bertz CT molecular complexity index is 534. The summed E-state index contributed by atoms with van der Waals surface area (Å²) in [5, 5.41) is 13.8. The Morgan fingerprint density at radius 1 is 1.33 bits per heavy atom. The molecule has 1 amide bonds. The van der Waals surface area contributed by atoms with E-state index in [0.29, 0.717) is 33.8 Å². The topological polar surface area (TPSA) is 52.6 Å². The maximum Gasteiger partial charge on any atom is 0.238 e. The van der Waals surface area contributed by atoms with Gasteiger partial charge >= 0.3 is 0 Å². The van der Waals surface area contributed by atoms with Gasteiger partial charge in [0.1, 0.15) is 0 Å². The summed E-state index contributed by atoms with van der Waals surface area (Å²) in [5.41, 5.74) is -0.345. The summed E-state index contributed by atoms with van der Waals surface area (Å²) in [6.45, 7) is 5.08. The molecule has 4 nitrogen and oxygen atoms in total. The minimum Gasteiger partial charge on any atom is -0.387 e. The summed E-state index contributed by atoms with van der Waals surface area (Å²) in [4.78, 5) is 13.9. The standard InChI is InChI=1S/C14H17Cl3N2O2/c1-8(2)14(21)6-19(7-14)5-12(20)18-13-10(16)3-9(15)4-11(13)17/h3-4,8,21H,5-7H2,1-2H3,(H,18,20). The molecule has 116 valence electrons. The van der Waals surface area contributed by atoms with Crippen LogP contribution in [0.5, 0.6) is 0 Å². The lowest BCUT2D eigenvalue weighted by molar-refractivity contribution is -0.139. The van der Waals surface area contributed by atoms with Crippen molar-refractivity contribution in [2.45, 2.75) is 19.4 Å². The van der Waals surface area contributed by atoms with Gasteiger partial charge in [-0.25, -0.2) is 0 Å². The summed E-state index contributed by atoms with van der Waals surface area (Å²) in [7, 11) is 0. The predicted molar refractivity (Wildman–Crippen MR) is 86.3 cm³/mol. The summed E-state index contributed by atoms with van der Waals surface area (Å²) in [5.74, 6) is -0.0658. The van der Waals surface area contributed by atoms with Gasteiger partial charge in [0.25, 0.3) is 0 Å². The SMILES string of the molecule is CC(C)C1(O)CN(CC(=O)Nc2c(Cl)cc(Cl)cc2Cl)C1. The molecule has 0 saturated carbocycles. The fourth-order valence-corrected chi connectivity index (χ4v) is 3.16. The fraction of sp³-hybridized carbons (Fsp3) is 0.500. The van der Waals surface area contributed by atoms with Crippen LogP contribution in [0, 0.1) is 5.92 Å². The zero-order valence-electron chi connectivity index (χ0n) is 11.8. The molecule has 1 aromatic carbocycles. The molecule has 0 aliphatic carbocycles. The van der Waals surface area contributed by atoms with E-state index >= 15 is 0 Å². The minimum absolute atomic E-state index is 0.164. The highest BCUT2D eigenvalue weighted by atomic mass is 35.5. The van der Waals surface area contributed by atoms with Crippen LogP contribution in [-0.2, 0) is 4.79 Å². The van der Waals surface area contributed by atoms with Gasteiger partial charge in [-0.1, -0.05) is 48.7 Å². The Morgan fingerprint density at radius 3 is 2.33 bits per heavy atom. The van der Waals surface area contributed by atoms with E-state index in [-0.39, 0.29) is 18.4 Å². The van der Waals surface area contributed by atoms with Gasteiger partial charge in [-0.05, 0) is 18.1 Å². The quantitative estimate of drug-likeness (QED) is 0.875. The Morgan fingerprint density at radius 2 is 1.86 bits per heavy atom. The van der Waals surface area contributed by atoms with Crippen molar-refractivity contribution < 1.29 is 9.90 Å². The third-order valence-corrected chi connectivity index (χ3v) is 4.52. The predicted octanol–water partition coefficient (Wildman–Crippen LogP) is 3.29. The number of β-amino-alcohol motifs (C(OH)–C–C–N with tert-alkyl or cyclic N) is 1. The van der Waals surface area contributed by atoms with E-state index in [0.717, 1.165) is 0 Å². The van der Waals surface area contributed by atoms with E-state index in [4.69, 9.17) is 34.8 Å². The van der Waals surface area contributed by atoms with Crippen molar-refractivity contribution in [3.8, 4) is 0 Å². The van der Waals surface area contributed by atoms with E-state index in [1.165, 1.54) is 12.1 Å². The molecule has 0 radical (unpaired) electrons. The van der Waals surface area contributed by atoms with Gasteiger partial charge in [0.05, 0.1) is 27.9 Å². The molecular formula is C14H17Cl3N2O2. The van der Waals surface area contributed by atoms with E-state index in [1.807, 2.05) is 18.7 Å². The number of nitrogens with zero attached hydrogens (tertiary/aromatic N) is 1. The lowest BCUT2D eigenvalue weighted by atomic mass is 9.83. The van der Waals surface area contributed by atoms with Crippen LogP contribution in [0.2, 0.25) is 15.1 Å². The molecule has 1 heterocycles. The maximum atomic E-state index is 12.0. The van der Waals surface area contributed by atoms with Crippen LogP contribution >= 0.6 is 34.8 Å². The molecular weight excluding hydrogens is 335 g/mol. The first-order valence-electron chi connectivity index (χ1n) is 6.60. The van der Waals surface area contributed by atoms with E-state index in [1.54, 1.807) is 0 Å². The third-order valence-electron chi connectivity index (χ3n) is 3.71. The van der Waals surface area contributed by atoms with E-state index in [2.05, 4.69) is 5.32 Å². The monoisotopic (exact) mass is 350 g/mol. The van der Waals surface area contributed by atoms with Gasteiger partial charge in [0.2, 0.25) is 5.91 Å². The number of hydrogen-bond donors (Lipinski definition) is 2. The number of hydrogen-bond acceptors (Lipinski definition) is 3. The molecule has 0 unspecified atom stereocenters.